The van der Waals surface area contributed by atoms with Crippen molar-refractivity contribution >= 4 is 16.2 Å². The molecule has 5 nitrogen and oxygen atoms in total. The van der Waals surface area contributed by atoms with Crippen molar-refractivity contribution in [2.24, 2.45) is 4.40 Å². The molecule has 1 heterocycles. The van der Waals surface area contributed by atoms with Gasteiger partial charge in [-0.15, -0.1) is 0 Å². The van der Waals surface area contributed by atoms with Gasteiger partial charge in [0.05, 0.1) is 17.7 Å². The van der Waals surface area contributed by atoms with Crippen molar-refractivity contribution in [3.05, 3.63) is 29.8 Å². The fourth-order valence-corrected chi connectivity index (χ4v) is 2.92. The largest absolute Gasteiger partial charge is 0.347 e. The van der Waals surface area contributed by atoms with E-state index in [1.165, 1.54) is 6.21 Å². The Bertz CT molecular complexity index is 619. The van der Waals surface area contributed by atoms with Crippen LogP contribution in [0.15, 0.2) is 33.6 Å². The van der Waals surface area contributed by atoms with Crippen LogP contribution in [0.25, 0.3) is 0 Å². The molecule has 1 aromatic rings. The first-order valence-electron chi connectivity index (χ1n) is 6.34. The Hall–Kier alpha value is -1.24. The number of sulfonamides is 1. The van der Waals surface area contributed by atoms with Gasteiger partial charge in [-0.3, -0.25) is 0 Å². The molecule has 20 heavy (non-hydrogen) atoms. The molecular formula is C14H19NO4S. The van der Waals surface area contributed by atoms with Gasteiger partial charge in [0.15, 0.2) is 5.79 Å². The van der Waals surface area contributed by atoms with Crippen molar-refractivity contribution in [3.63, 3.8) is 0 Å². The van der Waals surface area contributed by atoms with Gasteiger partial charge in [0.1, 0.15) is 5.60 Å². The molecule has 1 atom stereocenters. The summed E-state index contributed by atoms with van der Waals surface area (Å²) in [6.45, 7) is 7.47. The van der Waals surface area contributed by atoms with Gasteiger partial charge in [-0.05, 0) is 39.8 Å². The average Bonchev–Trinajstić information content (AvgIpc) is 2.63. The first-order chi connectivity index (χ1) is 9.12. The summed E-state index contributed by atoms with van der Waals surface area (Å²) in [4.78, 5) is 0.168. The van der Waals surface area contributed by atoms with Crippen LogP contribution >= 0.6 is 0 Å². The molecule has 1 saturated heterocycles. The number of nitrogens with zero attached hydrogens (tertiary/aromatic N) is 1. The summed E-state index contributed by atoms with van der Waals surface area (Å²) >= 11 is 0. The van der Waals surface area contributed by atoms with Crippen LogP contribution in [0.1, 0.15) is 26.3 Å². The normalized spacial score (nSPS) is 26.2. The summed E-state index contributed by atoms with van der Waals surface area (Å²) in [6, 6.07) is 6.56. The molecule has 1 aromatic carbocycles. The average molecular weight is 297 g/mol. The second kappa shape index (κ2) is 4.95. The van der Waals surface area contributed by atoms with Crippen molar-refractivity contribution in [2.75, 3.05) is 6.61 Å². The SMILES string of the molecule is Cc1ccc(S(=O)(=O)/N=C/C2(C)COC(C)(C)O2)cc1. The van der Waals surface area contributed by atoms with Crippen LogP contribution in [0.2, 0.25) is 0 Å². The predicted octanol–water partition coefficient (Wildman–Crippen LogP) is 2.30. The predicted molar refractivity (Wildman–Crippen MR) is 76.4 cm³/mol. The standard InChI is InChI=1S/C14H19NO4S/c1-11-5-7-12(8-6-11)20(16,17)15-9-14(4)10-18-13(2,3)19-14/h5-9H,10H2,1-4H3/b15-9+. The molecule has 0 bridgehead atoms. The van der Waals surface area contributed by atoms with Crippen LogP contribution in [0.3, 0.4) is 0 Å². The molecule has 0 aliphatic carbocycles. The quantitative estimate of drug-likeness (QED) is 0.803. The molecule has 0 N–H and O–H groups in total. The van der Waals surface area contributed by atoms with E-state index in [0.29, 0.717) is 0 Å². The van der Waals surface area contributed by atoms with Crippen molar-refractivity contribution in [1.82, 2.24) is 0 Å². The fourth-order valence-electron chi connectivity index (χ4n) is 1.95. The van der Waals surface area contributed by atoms with Gasteiger partial charge in [0, 0.05) is 0 Å². The summed E-state index contributed by atoms with van der Waals surface area (Å²) in [5.41, 5.74) is 0.163. The molecule has 1 aliphatic rings. The number of rotatable bonds is 3. The van der Waals surface area contributed by atoms with E-state index in [2.05, 4.69) is 4.40 Å². The maximum Gasteiger partial charge on any atom is 0.282 e. The van der Waals surface area contributed by atoms with Gasteiger partial charge >= 0.3 is 0 Å². The molecule has 1 unspecified atom stereocenters. The molecule has 0 radical (unpaired) electrons. The van der Waals surface area contributed by atoms with E-state index in [1.54, 1.807) is 45.0 Å². The highest BCUT2D eigenvalue weighted by Crippen LogP contribution is 2.29. The van der Waals surface area contributed by atoms with E-state index in [-0.39, 0.29) is 11.5 Å². The zero-order valence-corrected chi connectivity index (χ0v) is 12.9. The minimum absolute atomic E-state index is 0.168. The number of aryl methyl sites for hydroxylation is 1. The Balaban J connectivity index is 2.20. The number of ether oxygens (including phenoxy) is 2. The second-order valence-electron chi connectivity index (χ2n) is 5.63. The summed E-state index contributed by atoms with van der Waals surface area (Å²) < 4.78 is 39.0. The summed E-state index contributed by atoms with van der Waals surface area (Å²) in [7, 11) is -3.71. The van der Waals surface area contributed by atoms with Crippen molar-refractivity contribution in [2.45, 2.75) is 44.0 Å². The highest BCUT2D eigenvalue weighted by molar-refractivity contribution is 7.90. The Labute approximate surface area is 119 Å². The zero-order chi connectivity index (χ0) is 15.0. The van der Waals surface area contributed by atoms with E-state index < -0.39 is 21.4 Å². The highest BCUT2D eigenvalue weighted by atomic mass is 32.2. The third-order valence-corrected chi connectivity index (χ3v) is 4.22. The number of hydrogen-bond acceptors (Lipinski definition) is 4. The molecule has 0 amide bonds. The van der Waals surface area contributed by atoms with Gasteiger partial charge in [0.25, 0.3) is 10.0 Å². The molecule has 110 valence electrons. The molecule has 0 aromatic heterocycles. The Morgan fingerprint density at radius 2 is 1.80 bits per heavy atom. The van der Waals surface area contributed by atoms with Crippen molar-refractivity contribution in [1.29, 1.82) is 0 Å². The summed E-state index contributed by atoms with van der Waals surface area (Å²) in [5, 5.41) is 0. The van der Waals surface area contributed by atoms with Gasteiger partial charge in [-0.1, -0.05) is 17.7 Å². The van der Waals surface area contributed by atoms with Crippen LogP contribution in [0.4, 0.5) is 0 Å². The Morgan fingerprint density at radius 3 is 2.30 bits per heavy atom. The maximum absolute atomic E-state index is 12.1. The minimum Gasteiger partial charge on any atom is -0.347 e. The number of hydrogen-bond donors (Lipinski definition) is 0. The van der Waals surface area contributed by atoms with Gasteiger partial charge in [-0.25, -0.2) is 0 Å². The smallest absolute Gasteiger partial charge is 0.282 e. The van der Waals surface area contributed by atoms with Crippen LogP contribution in [0, 0.1) is 6.92 Å². The minimum atomic E-state index is -3.71. The fraction of sp³-hybridized carbons (Fsp3) is 0.500. The molecule has 1 aliphatic heterocycles. The van der Waals surface area contributed by atoms with Crippen LogP contribution in [0.5, 0.6) is 0 Å². The van der Waals surface area contributed by atoms with Gasteiger partial charge in [-0.2, -0.15) is 12.8 Å². The molecular weight excluding hydrogens is 278 g/mol. The zero-order valence-electron chi connectivity index (χ0n) is 12.1. The Kier molecular flexibility index (Phi) is 3.75. The molecule has 6 heteroatoms. The highest BCUT2D eigenvalue weighted by Gasteiger charge is 2.41. The molecule has 2 rings (SSSR count). The summed E-state index contributed by atoms with van der Waals surface area (Å²) in [6.07, 6.45) is 1.30. The van der Waals surface area contributed by atoms with E-state index in [0.717, 1.165) is 5.56 Å². The van der Waals surface area contributed by atoms with Gasteiger partial charge < -0.3 is 9.47 Å². The van der Waals surface area contributed by atoms with E-state index in [4.69, 9.17) is 9.47 Å². The van der Waals surface area contributed by atoms with Crippen LogP contribution in [-0.4, -0.2) is 32.6 Å². The third kappa shape index (κ3) is 3.45. The van der Waals surface area contributed by atoms with E-state index in [9.17, 15) is 8.42 Å². The second-order valence-corrected chi connectivity index (χ2v) is 7.26. The lowest BCUT2D eigenvalue weighted by Crippen LogP contribution is -2.32. The summed E-state index contributed by atoms with van der Waals surface area (Å²) in [5.74, 6) is -0.728. The molecule has 0 saturated carbocycles. The van der Waals surface area contributed by atoms with Crippen molar-refractivity contribution in [3.8, 4) is 0 Å². The van der Waals surface area contributed by atoms with Crippen molar-refractivity contribution < 1.29 is 17.9 Å². The topological polar surface area (TPSA) is 65.0 Å². The van der Waals surface area contributed by atoms with E-state index >= 15 is 0 Å². The molecule has 1 fully saturated rings. The lowest BCUT2D eigenvalue weighted by Gasteiger charge is -2.20. The first-order valence-corrected chi connectivity index (χ1v) is 7.78. The lowest BCUT2D eigenvalue weighted by molar-refractivity contribution is -0.144. The monoisotopic (exact) mass is 297 g/mol. The third-order valence-electron chi connectivity index (χ3n) is 2.97. The first kappa shape index (κ1) is 15.2. The van der Waals surface area contributed by atoms with Gasteiger partial charge in [0.2, 0.25) is 0 Å². The molecule has 0 spiro atoms. The maximum atomic E-state index is 12.1. The Morgan fingerprint density at radius 1 is 1.20 bits per heavy atom. The lowest BCUT2D eigenvalue weighted by atomic mass is 10.1. The number of benzene rings is 1. The van der Waals surface area contributed by atoms with E-state index in [1.807, 2.05) is 6.92 Å². The van der Waals surface area contributed by atoms with Crippen LogP contribution in [-0.2, 0) is 19.5 Å². The van der Waals surface area contributed by atoms with Crippen LogP contribution < -0.4 is 0 Å².